The van der Waals surface area contributed by atoms with E-state index in [1.165, 1.54) is 0 Å². The minimum atomic E-state index is -0.0583. The summed E-state index contributed by atoms with van der Waals surface area (Å²) in [7, 11) is 0. The molecular weight excluding hydrogens is 252 g/mol. The first kappa shape index (κ1) is 12.5. The summed E-state index contributed by atoms with van der Waals surface area (Å²) >= 11 is 0. The molecule has 3 aromatic rings. The van der Waals surface area contributed by atoms with Crippen molar-refractivity contribution in [2.45, 2.75) is 13.0 Å². The number of aromatic amines is 1. The lowest BCUT2D eigenvalue weighted by atomic mass is 10.1. The van der Waals surface area contributed by atoms with Gasteiger partial charge in [0.2, 0.25) is 0 Å². The highest BCUT2D eigenvalue weighted by atomic mass is 16.1. The molecule has 5 heteroatoms. The summed E-state index contributed by atoms with van der Waals surface area (Å²) in [6.07, 6.45) is 8.03. The van der Waals surface area contributed by atoms with Crippen molar-refractivity contribution in [2.24, 2.45) is 0 Å². The summed E-state index contributed by atoms with van der Waals surface area (Å²) in [5.74, 6) is -0.0583. The van der Waals surface area contributed by atoms with Crippen molar-refractivity contribution in [2.75, 3.05) is 6.54 Å². The molecule has 0 atom stereocenters. The van der Waals surface area contributed by atoms with E-state index in [1.54, 1.807) is 18.7 Å². The highest BCUT2D eigenvalue weighted by molar-refractivity contribution is 6.05. The molecule has 0 fully saturated rings. The van der Waals surface area contributed by atoms with E-state index in [1.807, 2.05) is 29.0 Å². The third-order valence-corrected chi connectivity index (χ3v) is 3.19. The number of hydrogen-bond donors (Lipinski definition) is 2. The molecule has 0 aliphatic rings. The Kier molecular flexibility index (Phi) is 3.50. The van der Waals surface area contributed by atoms with E-state index in [4.69, 9.17) is 0 Å². The quantitative estimate of drug-likeness (QED) is 0.694. The predicted molar refractivity (Wildman–Crippen MR) is 76.3 cm³/mol. The second-order valence-electron chi connectivity index (χ2n) is 4.57. The first-order chi connectivity index (χ1) is 9.84. The van der Waals surface area contributed by atoms with Gasteiger partial charge in [-0.05, 0) is 12.5 Å². The van der Waals surface area contributed by atoms with E-state index in [0.717, 1.165) is 23.9 Å². The molecule has 3 rings (SSSR count). The van der Waals surface area contributed by atoms with Crippen LogP contribution in [-0.2, 0) is 6.54 Å². The maximum Gasteiger partial charge on any atom is 0.253 e. The van der Waals surface area contributed by atoms with Gasteiger partial charge in [0.15, 0.2) is 0 Å². The molecule has 20 heavy (non-hydrogen) atoms. The van der Waals surface area contributed by atoms with Gasteiger partial charge in [-0.25, -0.2) is 4.98 Å². The Morgan fingerprint density at radius 3 is 3.25 bits per heavy atom. The Morgan fingerprint density at radius 2 is 2.40 bits per heavy atom. The largest absolute Gasteiger partial charge is 0.360 e. The van der Waals surface area contributed by atoms with E-state index in [-0.39, 0.29) is 5.91 Å². The number of nitrogens with one attached hydrogen (secondary N) is 2. The van der Waals surface area contributed by atoms with Crippen LogP contribution in [0.3, 0.4) is 0 Å². The molecule has 2 heterocycles. The lowest BCUT2D eigenvalue weighted by molar-refractivity contribution is 0.0954. The van der Waals surface area contributed by atoms with Crippen molar-refractivity contribution in [1.82, 2.24) is 19.9 Å². The Labute approximate surface area is 116 Å². The molecule has 0 aliphatic heterocycles. The van der Waals surface area contributed by atoms with Crippen molar-refractivity contribution < 1.29 is 4.79 Å². The molecule has 1 aromatic carbocycles. The maximum absolute atomic E-state index is 12.2. The van der Waals surface area contributed by atoms with Crippen LogP contribution in [-0.4, -0.2) is 27.0 Å². The van der Waals surface area contributed by atoms with Gasteiger partial charge < -0.3 is 14.9 Å². The van der Waals surface area contributed by atoms with Crippen LogP contribution in [0.25, 0.3) is 10.9 Å². The summed E-state index contributed by atoms with van der Waals surface area (Å²) < 4.78 is 1.99. The van der Waals surface area contributed by atoms with Crippen molar-refractivity contribution >= 4 is 16.8 Å². The van der Waals surface area contributed by atoms with Crippen LogP contribution in [0.5, 0.6) is 0 Å². The Morgan fingerprint density at radius 1 is 1.45 bits per heavy atom. The van der Waals surface area contributed by atoms with E-state index in [2.05, 4.69) is 21.4 Å². The summed E-state index contributed by atoms with van der Waals surface area (Å²) in [5.41, 5.74) is 1.49. The second-order valence-corrected chi connectivity index (χ2v) is 4.57. The van der Waals surface area contributed by atoms with E-state index >= 15 is 0 Å². The molecule has 0 unspecified atom stereocenters. The van der Waals surface area contributed by atoms with Gasteiger partial charge in [-0.15, -0.1) is 0 Å². The Bertz CT molecular complexity index is 700. The number of rotatable bonds is 5. The SMILES string of the molecule is O=C(NCCCn1ccnc1)c1cccc2[c]c[nH]c12. The highest BCUT2D eigenvalue weighted by Crippen LogP contribution is 2.16. The first-order valence-corrected chi connectivity index (χ1v) is 6.56. The van der Waals surface area contributed by atoms with Crippen molar-refractivity contribution in [3.8, 4) is 0 Å². The van der Waals surface area contributed by atoms with Gasteiger partial charge in [0.25, 0.3) is 5.91 Å². The zero-order chi connectivity index (χ0) is 13.8. The number of benzene rings is 1. The molecule has 2 aromatic heterocycles. The number of nitrogens with zero attached hydrogens (tertiary/aromatic N) is 2. The number of imidazole rings is 1. The van der Waals surface area contributed by atoms with E-state index in [9.17, 15) is 4.79 Å². The maximum atomic E-state index is 12.2. The second kappa shape index (κ2) is 5.61. The summed E-state index contributed by atoms with van der Waals surface area (Å²) in [6.45, 7) is 1.48. The van der Waals surface area contributed by atoms with Crippen LogP contribution in [0.15, 0.2) is 43.1 Å². The van der Waals surface area contributed by atoms with Crippen molar-refractivity contribution in [3.05, 3.63) is 54.7 Å². The van der Waals surface area contributed by atoms with Crippen molar-refractivity contribution in [1.29, 1.82) is 0 Å². The number of aromatic nitrogens is 3. The number of hydrogen-bond acceptors (Lipinski definition) is 2. The van der Waals surface area contributed by atoms with E-state index in [0.29, 0.717) is 12.1 Å². The Hall–Kier alpha value is -2.56. The number of aryl methyl sites for hydroxylation is 1. The Balaban J connectivity index is 1.58. The standard InChI is InChI=1S/C15H15N4O/c20-15(18-6-2-9-19-10-8-16-11-19)13-4-1-3-12-5-7-17-14(12)13/h1,3-4,7-8,10-11,17H,2,6,9H2,(H,18,20). The highest BCUT2D eigenvalue weighted by Gasteiger charge is 2.09. The zero-order valence-corrected chi connectivity index (χ0v) is 11.0. The summed E-state index contributed by atoms with van der Waals surface area (Å²) in [5, 5.41) is 3.86. The molecule has 0 spiro atoms. The van der Waals surface area contributed by atoms with Gasteiger partial charge in [0.1, 0.15) is 0 Å². The molecule has 0 saturated carbocycles. The van der Waals surface area contributed by atoms with Crippen LogP contribution in [0.2, 0.25) is 0 Å². The van der Waals surface area contributed by atoms with Crippen LogP contribution in [0, 0.1) is 6.07 Å². The lowest BCUT2D eigenvalue weighted by Crippen LogP contribution is -2.25. The average molecular weight is 267 g/mol. The van der Waals surface area contributed by atoms with Crippen LogP contribution < -0.4 is 5.32 Å². The van der Waals surface area contributed by atoms with Gasteiger partial charge in [-0.3, -0.25) is 4.79 Å². The van der Waals surface area contributed by atoms with Gasteiger partial charge in [0.05, 0.1) is 17.4 Å². The average Bonchev–Trinajstić information content (AvgIpc) is 3.13. The first-order valence-electron chi connectivity index (χ1n) is 6.56. The predicted octanol–water partition coefficient (Wildman–Crippen LogP) is 1.98. The molecule has 0 bridgehead atoms. The normalized spacial score (nSPS) is 10.8. The molecule has 2 N–H and O–H groups in total. The zero-order valence-electron chi connectivity index (χ0n) is 11.0. The molecule has 101 valence electrons. The van der Waals surface area contributed by atoms with Crippen LogP contribution in [0.1, 0.15) is 16.8 Å². The third kappa shape index (κ3) is 2.56. The topological polar surface area (TPSA) is 62.7 Å². The summed E-state index contributed by atoms with van der Waals surface area (Å²) in [4.78, 5) is 19.2. The van der Waals surface area contributed by atoms with Gasteiger partial charge in [-0.1, -0.05) is 12.1 Å². The third-order valence-electron chi connectivity index (χ3n) is 3.19. The van der Waals surface area contributed by atoms with E-state index < -0.39 is 0 Å². The summed E-state index contributed by atoms with van der Waals surface area (Å²) in [6, 6.07) is 8.67. The molecule has 1 radical (unpaired) electrons. The number of para-hydroxylation sites is 1. The smallest absolute Gasteiger partial charge is 0.253 e. The number of carbonyl (C=O) groups excluding carboxylic acids is 1. The minimum absolute atomic E-state index is 0.0583. The van der Waals surface area contributed by atoms with Gasteiger partial charge >= 0.3 is 0 Å². The fraction of sp³-hybridized carbons (Fsp3) is 0.200. The molecule has 1 amide bonds. The number of fused-ring (bicyclic) bond motifs is 1. The molecule has 0 aliphatic carbocycles. The van der Waals surface area contributed by atoms with Gasteiger partial charge in [-0.2, -0.15) is 0 Å². The van der Waals surface area contributed by atoms with Crippen molar-refractivity contribution in [3.63, 3.8) is 0 Å². The molecule has 5 nitrogen and oxygen atoms in total. The number of amides is 1. The lowest BCUT2D eigenvalue weighted by Gasteiger charge is -2.06. The minimum Gasteiger partial charge on any atom is -0.360 e. The number of H-pyrrole nitrogens is 1. The van der Waals surface area contributed by atoms with Crippen LogP contribution >= 0.6 is 0 Å². The molecular formula is C15H15N4O. The fourth-order valence-corrected chi connectivity index (χ4v) is 2.18. The monoisotopic (exact) mass is 267 g/mol. The van der Waals surface area contributed by atoms with Crippen LogP contribution in [0.4, 0.5) is 0 Å². The molecule has 0 saturated heterocycles. The number of carbonyl (C=O) groups is 1. The fourth-order valence-electron chi connectivity index (χ4n) is 2.18. The van der Waals surface area contributed by atoms with Gasteiger partial charge in [0, 0.05) is 43.1 Å².